The second-order valence-corrected chi connectivity index (χ2v) is 6.90. The number of rotatable bonds is 8. The number of aromatic amines is 1. The first-order valence-electron chi connectivity index (χ1n) is 8.94. The molecule has 1 unspecified atom stereocenters. The minimum Gasteiger partial charge on any atom is -0.354 e. The van der Waals surface area contributed by atoms with E-state index in [1.54, 1.807) is 36.8 Å². The zero-order chi connectivity index (χ0) is 20.8. The summed E-state index contributed by atoms with van der Waals surface area (Å²) in [7, 11) is 3.43. The van der Waals surface area contributed by atoms with Crippen LogP contribution in [0.25, 0.3) is 0 Å². The van der Waals surface area contributed by atoms with Gasteiger partial charge in [-0.05, 0) is 6.92 Å². The number of hydrogen-bond donors (Lipinski definition) is 3. The second-order valence-electron chi connectivity index (χ2n) is 6.90. The van der Waals surface area contributed by atoms with Gasteiger partial charge in [-0.2, -0.15) is 0 Å². The van der Waals surface area contributed by atoms with E-state index < -0.39 is 17.5 Å². The third kappa shape index (κ3) is 5.63. The normalized spacial score (nSPS) is 11.9. The molecule has 0 fully saturated rings. The number of nitrogens with one attached hydrogen (secondary N) is 3. The summed E-state index contributed by atoms with van der Waals surface area (Å²) in [6.07, 6.45) is 1.70. The van der Waals surface area contributed by atoms with Crippen molar-refractivity contribution in [3.8, 4) is 0 Å². The van der Waals surface area contributed by atoms with Gasteiger partial charge < -0.3 is 15.5 Å². The van der Waals surface area contributed by atoms with Crippen molar-refractivity contribution in [3.63, 3.8) is 0 Å². The highest BCUT2D eigenvalue weighted by Crippen LogP contribution is 2.09. The molecule has 28 heavy (non-hydrogen) atoms. The molecule has 0 saturated carbocycles. The number of anilines is 1. The smallest absolute Gasteiger partial charge is 0.270 e. The van der Waals surface area contributed by atoms with E-state index in [-0.39, 0.29) is 17.5 Å². The minimum absolute atomic E-state index is 0.0167. The van der Waals surface area contributed by atoms with Crippen molar-refractivity contribution in [1.82, 2.24) is 35.6 Å². The van der Waals surface area contributed by atoms with Crippen LogP contribution in [-0.4, -0.2) is 57.4 Å². The number of carbonyl (C=O) groups excluding carboxylic acids is 2. The molecule has 11 nitrogen and oxygen atoms in total. The first-order valence-corrected chi connectivity index (χ1v) is 8.94. The van der Waals surface area contributed by atoms with Gasteiger partial charge in [0.15, 0.2) is 0 Å². The molecule has 11 heteroatoms. The van der Waals surface area contributed by atoms with Crippen LogP contribution in [0.3, 0.4) is 0 Å². The summed E-state index contributed by atoms with van der Waals surface area (Å²) in [5, 5.41) is 13.6. The highest BCUT2D eigenvalue weighted by Gasteiger charge is 2.17. The van der Waals surface area contributed by atoms with Crippen molar-refractivity contribution in [1.29, 1.82) is 0 Å². The van der Waals surface area contributed by atoms with Gasteiger partial charge in [0.2, 0.25) is 11.9 Å². The summed E-state index contributed by atoms with van der Waals surface area (Å²) in [6.45, 7) is 6.31. The van der Waals surface area contributed by atoms with E-state index in [1.807, 2.05) is 13.8 Å². The van der Waals surface area contributed by atoms with E-state index in [0.29, 0.717) is 24.7 Å². The summed E-state index contributed by atoms with van der Waals surface area (Å²) < 4.78 is 1.59. The van der Waals surface area contributed by atoms with Crippen LogP contribution in [0, 0.1) is 5.92 Å². The molecule has 0 aromatic carbocycles. The average molecular weight is 390 g/mol. The standard InChI is InChI=1S/C17H26N8O3/c1-10(2)15(27)18-6-7-25-9-13(22-23-25)11(3)19-16(28)12-8-14(26)21-17(20-12)24(4)5/h8-11H,6-7H2,1-5H3,(H,18,27)(H,19,28)(H,20,21,26). The Hall–Kier alpha value is -3.24. The number of carbonyl (C=O) groups is 2. The first-order chi connectivity index (χ1) is 13.2. The Bertz CT molecular complexity index is 887. The molecule has 2 aromatic heterocycles. The van der Waals surface area contributed by atoms with Gasteiger partial charge in [0.25, 0.3) is 11.5 Å². The topological polar surface area (TPSA) is 138 Å². The van der Waals surface area contributed by atoms with E-state index >= 15 is 0 Å². The maximum absolute atomic E-state index is 12.4. The predicted octanol–water partition coefficient (Wildman–Crippen LogP) is -0.309. The average Bonchev–Trinajstić information content (AvgIpc) is 3.09. The van der Waals surface area contributed by atoms with Crippen LogP contribution in [0.4, 0.5) is 5.95 Å². The van der Waals surface area contributed by atoms with E-state index in [9.17, 15) is 14.4 Å². The van der Waals surface area contributed by atoms with Gasteiger partial charge in [-0.15, -0.1) is 5.10 Å². The lowest BCUT2D eigenvalue weighted by Crippen LogP contribution is -2.31. The van der Waals surface area contributed by atoms with Crippen molar-refractivity contribution in [2.45, 2.75) is 33.4 Å². The lowest BCUT2D eigenvalue weighted by molar-refractivity contribution is -0.124. The highest BCUT2D eigenvalue weighted by molar-refractivity contribution is 5.92. The number of hydrogen-bond acceptors (Lipinski definition) is 7. The number of aromatic nitrogens is 5. The fraction of sp³-hybridized carbons (Fsp3) is 0.529. The van der Waals surface area contributed by atoms with Crippen molar-refractivity contribution < 1.29 is 9.59 Å². The lowest BCUT2D eigenvalue weighted by Gasteiger charge is -2.13. The SMILES string of the molecule is CC(C)C(=O)NCCn1cc(C(C)NC(=O)c2cc(=O)[nH]c(N(C)C)n2)nn1. The van der Waals surface area contributed by atoms with Crippen LogP contribution >= 0.6 is 0 Å². The summed E-state index contributed by atoms with van der Waals surface area (Å²) >= 11 is 0. The lowest BCUT2D eigenvalue weighted by atomic mass is 10.2. The third-order valence-corrected chi connectivity index (χ3v) is 3.90. The molecule has 0 aliphatic rings. The minimum atomic E-state index is -0.486. The van der Waals surface area contributed by atoms with Gasteiger partial charge >= 0.3 is 0 Å². The summed E-state index contributed by atoms with van der Waals surface area (Å²) in [6, 6.07) is 0.707. The van der Waals surface area contributed by atoms with E-state index in [4.69, 9.17) is 0 Å². The van der Waals surface area contributed by atoms with Gasteiger partial charge in [0.05, 0.1) is 18.8 Å². The van der Waals surface area contributed by atoms with E-state index in [2.05, 4.69) is 30.9 Å². The van der Waals surface area contributed by atoms with Gasteiger partial charge in [-0.3, -0.25) is 24.0 Å². The van der Waals surface area contributed by atoms with Crippen LogP contribution in [0.1, 0.15) is 43.0 Å². The quantitative estimate of drug-likeness (QED) is 0.562. The van der Waals surface area contributed by atoms with E-state index in [1.165, 1.54) is 0 Å². The van der Waals surface area contributed by atoms with Crippen LogP contribution in [0.5, 0.6) is 0 Å². The predicted molar refractivity (Wildman–Crippen MR) is 103 cm³/mol. The molecule has 2 heterocycles. The molecule has 1 atom stereocenters. The molecule has 152 valence electrons. The molecular weight excluding hydrogens is 364 g/mol. The summed E-state index contributed by atoms with van der Waals surface area (Å²) in [4.78, 5) is 44.0. The Morgan fingerprint density at radius 2 is 2.00 bits per heavy atom. The summed E-state index contributed by atoms with van der Waals surface area (Å²) in [5.74, 6) is -0.295. The fourth-order valence-electron chi connectivity index (χ4n) is 2.24. The number of H-pyrrole nitrogens is 1. The second kappa shape index (κ2) is 9.11. The van der Waals surface area contributed by atoms with Crippen molar-refractivity contribution in [2.75, 3.05) is 25.5 Å². The van der Waals surface area contributed by atoms with Crippen LogP contribution in [0.15, 0.2) is 17.1 Å². The number of amides is 2. The maximum atomic E-state index is 12.4. The largest absolute Gasteiger partial charge is 0.354 e. The Morgan fingerprint density at radius 1 is 1.29 bits per heavy atom. The number of nitrogens with zero attached hydrogens (tertiary/aromatic N) is 5. The fourth-order valence-corrected chi connectivity index (χ4v) is 2.24. The Labute approximate surface area is 162 Å². The molecule has 2 amide bonds. The van der Waals surface area contributed by atoms with E-state index in [0.717, 1.165) is 6.07 Å². The molecule has 2 rings (SSSR count). The van der Waals surface area contributed by atoms with Crippen molar-refractivity contribution >= 4 is 17.8 Å². The molecule has 0 aliphatic carbocycles. The Morgan fingerprint density at radius 3 is 2.64 bits per heavy atom. The molecule has 3 N–H and O–H groups in total. The Kier molecular flexibility index (Phi) is 6.85. The molecule has 0 saturated heterocycles. The van der Waals surface area contributed by atoms with Crippen LogP contribution < -0.4 is 21.1 Å². The molecule has 0 radical (unpaired) electrons. The molecule has 0 spiro atoms. The van der Waals surface area contributed by atoms with Gasteiger partial charge in [0.1, 0.15) is 11.4 Å². The summed E-state index contributed by atoms with van der Waals surface area (Å²) in [5.41, 5.74) is 0.162. The molecular formula is C17H26N8O3. The Balaban J connectivity index is 1.97. The zero-order valence-corrected chi connectivity index (χ0v) is 16.7. The third-order valence-electron chi connectivity index (χ3n) is 3.90. The van der Waals surface area contributed by atoms with Crippen LogP contribution in [0.2, 0.25) is 0 Å². The first kappa shape index (κ1) is 21.1. The monoisotopic (exact) mass is 390 g/mol. The van der Waals surface area contributed by atoms with Crippen molar-refractivity contribution in [2.24, 2.45) is 5.92 Å². The molecule has 0 bridgehead atoms. The van der Waals surface area contributed by atoms with Crippen molar-refractivity contribution in [3.05, 3.63) is 34.0 Å². The maximum Gasteiger partial charge on any atom is 0.270 e. The molecule has 2 aromatic rings. The van der Waals surface area contributed by atoms with Gasteiger partial charge in [-0.1, -0.05) is 19.1 Å². The zero-order valence-electron chi connectivity index (χ0n) is 16.7. The van der Waals surface area contributed by atoms with Gasteiger partial charge in [-0.25, -0.2) is 4.98 Å². The van der Waals surface area contributed by atoms with Crippen LogP contribution in [-0.2, 0) is 11.3 Å². The van der Waals surface area contributed by atoms with Gasteiger partial charge in [0, 0.05) is 32.6 Å². The highest BCUT2D eigenvalue weighted by atomic mass is 16.2. The molecule has 0 aliphatic heterocycles.